The smallest absolute Gasteiger partial charge is 0.416 e. The van der Waals surface area contributed by atoms with E-state index in [0.717, 1.165) is 43.3 Å². The molecule has 0 spiro atoms. The molecule has 0 unspecified atom stereocenters. The zero-order valence-electron chi connectivity index (χ0n) is 18.0. The van der Waals surface area contributed by atoms with Crippen LogP contribution in [0.4, 0.5) is 23.9 Å². The van der Waals surface area contributed by atoms with Crippen molar-refractivity contribution >= 4 is 17.9 Å². The molecule has 178 valence electrons. The second-order valence-electron chi connectivity index (χ2n) is 8.33. The summed E-state index contributed by atoms with van der Waals surface area (Å²) in [7, 11) is 0. The van der Waals surface area contributed by atoms with Gasteiger partial charge in [0, 0.05) is 38.9 Å². The molecule has 0 radical (unpaired) electrons. The van der Waals surface area contributed by atoms with Gasteiger partial charge in [0.05, 0.1) is 23.7 Å². The van der Waals surface area contributed by atoms with E-state index in [-0.39, 0.29) is 18.1 Å². The SMILES string of the molecule is O=C(O)C[C@@H](c1cccc(C(F)(F)F)c1)N1CCN(CCCc2cn3c(n2)NCCC3)C1=O. The Morgan fingerprint density at radius 3 is 2.79 bits per heavy atom. The van der Waals surface area contributed by atoms with Crippen molar-refractivity contribution in [3.63, 3.8) is 0 Å². The minimum absolute atomic E-state index is 0.165. The molecule has 11 heteroatoms. The van der Waals surface area contributed by atoms with Crippen molar-refractivity contribution in [3.8, 4) is 0 Å². The van der Waals surface area contributed by atoms with Crippen LogP contribution in [0.5, 0.6) is 0 Å². The summed E-state index contributed by atoms with van der Waals surface area (Å²) in [5, 5.41) is 12.6. The van der Waals surface area contributed by atoms with Gasteiger partial charge in [0.1, 0.15) is 0 Å². The number of aromatic nitrogens is 2. The number of urea groups is 1. The van der Waals surface area contributed by atoms with E-state index < -0.39 is 30.2 Å². The maximum absolute atomic E-state index is 13.1. The summed E-state index contributed by atoms with van der Waals surface area (Å²) in [5.74, 6) is -0.321. The molecule has 0 saturated carbocycles. The molecule has 3 heterocycles. The highest BCUT2D eigenvalue weighted by molar-refractivity contribution is 5.78. The van der Waals surface area contributed by atoms with Gasteiger partial charge in [-0.1, -0.05) is 12.1 Å². The second kappa shape index (κ2) is 9.32. The highest BCUT2D eigenvalue weighted by atomic mass is 19.4. The van der Waals surface area contributed by atoms with E-state index >= 15 is 0 Å². The van der Waals surface area contributed by atoms with Gasteiger partial charge in [-0.15, -0.1) is 0 Å². The lowest BCUT2D eigenvalue weighted by Gasteiger charge is -2.28. The van der Waals surface area contributed by atoms with Crippen molar-refractivity contribution in [1.29, 1.82) is 0 Å². The van der Waals surface area contributed by atoms with Crippen LogP contribution in [-0.4, -0.2) is 62.6 Å². The zero-order chi connectivity index (χ0) is 23.6. The number of fused-ring (bicyclic) bond motifs is 1. The Kier molecular flexibility index (Phi) is 6.48. The molecule has 1 saturated heterocycles. The second-order valence-corrected chi connectivity index (χ2v) is 8.33. The third-order valence-electron chi connectivity index (χ3n) is 6.02. The Hall–Kier alpha value is -3.24. The first kappa shape index (κ1) is 22.9. The fourth-order valence-corrected chi connectivity index (χ4v) is 4.40. The number of nitrogens with one attached hydrogen (secondary N) is 1. The van der Waals surface area contributed by atoms with Gasteiger partial charge in [-0.25, -0.2) is 9.78 Å². The van der Waals surface area contributed by atoms with Crippen LogP contribution in [0.15, 0.2) is 30.5 Å². The molecular formula is C22H26F3N5O3. The van der Waals surface area contributed by atoms with Crippen LogP contribution in [0.25, 0.3) is 0 Å². The van der Waals surface area contributed by atoms with E-state index in [1.165, 1.54) is 17.0 Å². The van der Waals surface area contributed by atoms with E-state index in [4.69, 9.17) is 0 Å². The lowest BCUT2D eigenvalue weighted by Crippen LogP contribution is -2.36. The summed E-state index contributed by atoms with van der Waals surface area (Å²) < 4.78 is 41.5. The minimum atomic E-state index is -4.55. The molecule has 2 aliphatic heterocycles. The van der Waals surface area contributed by atoms with Crippen molar-refractivity contribution in [2.24, 2.45) is 0 Å². The number of carboxylic acids is 1. The number of halogens is 3. The van der Waals surface area contributed by atoms with Gasteiger partial charge in [0.15, 0.2) is 0 Å². The molecule has 1 aromatic heterocycles. The van der Waals surface area contributed by atoms with E-state index in [0.29, 0.717) is 25.9 Å². The van der Waals surface area contributed by atoms with Crippen molar-refractivity contribution in [1.82, 2.24) is 19.4 Å². The maximum atomic E-state index is 13.1. The summed E-state index contributed by atoms with van der Waals surface area (Å²) in [5.41, 5.74) is 0.241. The van der Waals surface area contributed by atoms with Crippen molar-refractivity contribution in [2.45, 2.75) is 44.4 Å². The number of carbonyl (C=O) groups excluding carboxylic acids is 1. The van der Waals surface area contributed by atoms with Gasteiger partial charge in [0.25, 0.3) is 0 Å². The number of rotatable bonds is 8. The molecule has 2 aliphatic rings. The normalized spacial score (nSPS) is 17.1. The van der Waals surface area contributed by atoms with Gasteiger partial charge in [0.2, 0.25) is 5.95 Å². The topological polar surface area (TPSA) is 90.7 Å². The Balaban J connectivity index is 1.41. The number of carbonyl (C=O) groups is 2. The van der Waals surface area contributed by atoms with Gasteiger partial charge < -0.3 is 24.8 Å². The molecule has 1 fully saturated rings. The summed E-state index contributed by atoms with van der Waals surface area (Å²) in [4.78, 5) is 32.0. The third kappa shape index (κ3) is 5.23. The van der Waals surface area contributed by atoms with Crippen molar-refractivity contribution < 1.29 is 27.9 Å². The zero-order valence-corrected chi connectivity index (χ0v) is 18.0. The lowest BCUT2D eigenvalue weighted by atomic mass is 10.00. The Morgan fingerprint density at radius 2 is 2.06 bits per heavy atom. The van der Waals surface area contributed by atoms with Gasteiger partial charge >= 0.3 is 18.2 Å². The molecule has 4 rings (SSSR count). The number of anilines is 1. The molecule has 33 heavy (non-hydrogen) atoms. The number of benzene rings is 1. The van der Waals surface area contributed by atoms with Crippen LogP contribution in [0.3, 0.4) is 0 Å². The van der Waals surface area contributed by atoms with Gasteiger partial charge in [-0.05, 0) is 37.0 Å². The van der Waals surface area contributed by atoms with Crippen LogP contribution < -0.4 is 5.32 Å². The largest absolute Gasteiger partial charge is 0.481 e. The molecule has 2 aromatic rings. The van der Waals surface area contributed by atoms with Gasteiger partial charge in [-0.2, -0.15) is 13.2 Å². The number of hydrogen-bond donors (Lipinski definition) is 2. The van der Waals surface area contributed by atoms with Crippen LogP contribution >= 0.6 is 0 Å². The van der Waals surface area contributed by atoms with Crippen LogP contribution in [-0.2, 0) is 23.9 Å². The quantitative estimate of drug-likeness (QED) is 0.622. The van der Waals surface area contributed by atoms with Crippen LogP contribution in [0.1, 0.15) is 42.1 Å². The summed E-state index contributed by atoms with van der Waals surface area (Å²) in [6.07, 6.45) is -0.581. The molecule has 0 bridgehead atoms. The lowest BCUT2D eigenvalue weighted by molar-refractivity contribution is -0.138. The molecule has 2 N–H and O–H groups in total. The predicted molar refractivity (Wildman–Crippen MR) is 114 cm³/mol. The Bertz CT molecular complexity index is 999. The minimum Gasteiger partial charge on any atom is -0.481 e. The molecule has 8 nitrogen and oxygen atoms in total. The summed E-state index contributed by atoms with van der Waals surface area (Å²) in [6.45, 7) is 2.95. The number of carboxylic acid groups (broad SMARTS) is 1. The first-order valence-electron chi connectivity index (χ1n) is 11.0. The standard InChI is InChI=1S/C22H26F3N5O3/c23-22(24,25)16-5-1-4-15(12-16)18(13-19(31)32)30-11-10-28(21(30)33)8-2-6-17-14-29-9-3-7-26-20(29)27-17/h1,4-5,12,14,18H,2-3,6-11,13H2,(H,26,27)(H,31,32)/t18-/m0/s1. The van der Waals surface area contributed by atoms with Gasteiger partial charge in [-0.3, -0.25) is 4.79 Å². The molecular weight excluding hydrogens is 439 g/mol. The van der Waals surface area contributed by atoms with Crippen molar-refractivity contribution in [3.05, 3.63) is 47.3 Å². The summed E-state index contributed by atoms with van der Waals surface area (Å²) >= 11 is 0. The summed E-state index contributed by atoms with van der Waals surface area (Å²) in [6, 6.07) is 3.22. The van der Waals surface area contributed by atoms with Crippen molar-refractivity contribution in [2.75, 3.05) is 31.5 Å². The van der Waals surface area contributed by atoms with Crippen LogP contribution in [0, 0.1) is 0 Å². The van der Waals surface area contributed by atoms with E-state index in [2.05, 4.69) is 14.9 Å². The van der Waals surface area contributed by atoms with E-state index in [1.807, 2.05) is 6.20 Å². The molecule has 2 amide bonds. The predicted octanol–water partition coefficient (Wildman–Crippen LogP) is 3.60. The average molecular weight is 465 g/mol. The number of aliphatic carboxylic acids is 1. The van der Waals surface area contributed by atoms with Crippen LogP contribution in [0.2, 0.25) is 0 Å². The molecule has 1 atom stereocenters. The number of amides is 2. The highest BCUT2D eigenvalue weighted by Gasteiger charge is 2.37. The third-order valence-corrected chi connectivity index (χ3v) is 6.02. The monoisotopic (exact) mass is 465 g/mol. The number of aryl methyl sites for hydroxylation is 2. The number of imidazole rings is 1. The fourth-order valence-electron chi connectivity index (χ4n) is 4.40. The first-order valence-corrected chi connectivity index (χ1v) is 11.0. The highest BCUT2D eigenvalue weighted by Crippen LogP contribution is 2.34. The number of hydrogen-bond acceptors (Lipinski definition) is 4. The first-order chi connectivity index (χ1) is 15.7. The molecule has 1 aromatic carbocycles. The van der Waals surface area contributed by atoms with E-state index in [9.17, 15) is 27.9 Å². The van der Waals surface area contributed by atoms with E-state index in [1.54, 1.807) is 4.90 Å². The Morgan fingerprint density at radius 1 is 1.24 bits per heavy atom. The maximum Gasteiger partial charge on any atom is 0.416 e. The fraction of sp³-hybridized carbons (Fsp3) is 0.500. The average Bonchev–Trinajstić information content (AvgIpc) is 3.34. The number of alkyl halides is 3. The molecule has 0 aliphatic carbocycles. The number of nitrogens with zero attached hydrogens (tertiary/aromatic N) is 4. The Labute approximate surface area is 189 Å².